The number of hydrogen-bond acceptors (Lipinski definition) is 4. The maximum Gasteiger partial charge on any atom is 0.204 e. The van der Waals surface area contributed by atoms with E-state index >= 15 is 0 Å². The first-order valence-electron chi connectivity index (χ1n) is 6.27. The van der Waals surface area contributed by atoms with Crippen molar-refractivity contribution >= 4 is 11.9 Å². The third-order valence-electron chi connectivity index (χ3n) is 2.58. The summed E-state index contributed by atoms with van der Waals surface area (Å²) in [6.45, 7) is 0.258. The van der Waals surface area contributed by atoms with Gasteiger partial charge in [-0.3, -0.25) is 9.78 Å². The van der Waals surface area contributed by atoms with Gasteiger partial charge in [0, 0.05) is 6.20 Å². The van der Waals surface area contributed by atoms with Crippen LogP contribution in [0.1, 0.15) is 16.1 Å². The van der Waals surface area contributed by atoms with Gasteiger partial charge >= 0.3 is 0 Å². The third kappa shape index (κ3) is 4.03. The molecule has 2 aromatic rings. The zero-order valence-electron chi connectivity index (χ0n) is 10.9. The van der Waals surface area contributed by atoms with Gasteiger partial charge in [0.15, 0.2) is 0 Å². The Morgan fingerprint density at radius 1 is 1.20 bits per heavy atom. The van der Waals surface area contributed by atoms with Crippen molar-refractivity contribution in [2.75, 3.05) is 13.2 Å². The predicted octanol–water partition coefficient (Wildman–Crippen LogP) is 2.35. The smallest absolute Gasteiger partial charge is 0.204 e. The Labute approximate surface area is 117 Å². The Balaban J connectivity index is 1.99. The van der Waals surface area contributed by atoms with Gasteiger partial charge in [-0.2, -0.15) is 0 Å². The van der Waals surface area contributed by atoms with Crippen LogP contribution in [0.3, 0.4) is 0 Å². The number of pyridine rings is 1. The van der Waals surface area contributed by atoms with Crippen LogP contribution in [0.15, 0.2) is 54.7 Å². The van der Waals surface area contributed by atoms with Gasteiger partial charge in [-0.15, -0.1) is 0 Å². The zero-order chi connectivity index (χ0) is 14.2. The summed E-state index contributed by atoms with van der Waals surface area (Å²) >= 11 is 0. The summed E-state index contributed by atoms with van der Waals surface area (Å²) < 4.78 is 5.25. The van der Waals surface area contributed by atoms with Crippen LogP contribution < -0.4 is 4.74 Å². The molecule has 20 heavy (non-hydrogen) atoms. The van der Waals surface area contributed by atoms with E-state index in [4.69, 9.17) is 9.84 Å². The summed E-state index contributed by atoms with van der Waals surface area (Å²) in [7, 11) is 0. The number of benzene rings is 1. The van der Waals surface area contributed by atoms with Gasteiger partial charge in [-0.25, -0.2) is 0 Å². The van der Waals surface area contributed by atoms with E-state index in [0.29, 0.717) is 11.4 Å². The number of ether oxygens (including phenoxy) is 1. The topological polar surface area (TPSA) is 59.4 Å². The number of hydrogen-bond donors (Lipinski definition) is 1. The lowest BCUT2D eigenvalue weighted by molar-refractivity contribution is 0.104. The van der Waals surface area contributed by atoms with Crippen LogP contribution in [0.5, 0.6) is 5.75 Å². The Kier molecular flexibility index (Phi) is 5.03. The number of rotatable bonds is 6. The highest BCUT2D eigenvalue weighted by molar-refractivity contribution is 6.05. The van der Waals surface area contributed by atoms with Gasteiger partial charge in [0.1, 0.15) is 18.1 Å². The van der Waals surface area contributed by atoms with E-state index in [-0.39, 0.29) is 19.0 Å². The van der Waals surface area contributed by atoms with E-state index < -0.39 is 0 Å². The van der Waals surface area contributed by atoms with E-state index in [0.717, 1.165) is 5.56 Å². The number of carbonyl (C=O) groups excluding carboxylic acids is 1. The maximum atomic E-state index is 11.8. The molecular formula is C16H15NO3. The molecule has 0 atom stereocenters. The van der Waals surface area contributed by atoms with Crippen LogP contribution >= 0.6 is 0 Å². The van der Waals surface area contributed by atoms with Crippen LogP contribution in [0, 0.1) is 0 Å². The standard InChI is InChI=1S/C16H15NO3/c18-11-12-20-14-7-4-13(5-8-14)6-9-16(19)15-3-1-2-10-17-15/h1-10,18H,11-12H2. The van der Waals surface area contributed by atoms with E-state index in [9.17, 15) is 4.79 Å². The molecule has 4 heteroatoms. The molecule has 0 bridgehead atoms. The number of aliphatic hydroxyl groups excluding tert-OH is 1. The molecule has 1 aromatic carbocycles. The van der Waals surface area contributed by atoms with Gasteiger partial charge in [0.25, 0.3) is 0 Å². The van der Waals surface area contributed by atoms with Crippen LogP contribution in [0.25, 0.3) is 6.08 Å². The minimum Gasteiger partial charge on any atom is -0.491 e. The van der Waals surface area contributed by atoms with Crippen molar-refractivity contribution in [1.29, 1.82) is 0 Å². The Morgan fingerprint density at radius 3 is 2.65 bits per heavy atom. The zero-order valence-corrected chi connectivity index (χ0v) is 10.9. The van der Waals surface area contributed by atoms with Crippen molar-refractivity contribution in [2.45, 2.75) is 0 Å². The highest BCUT2D eigenvalue weighted by Crippen LogP contribution is 2.13. The number of aliphatic hydroxyl groups is 1. The molecule has 0 spiro atoms. The molecular weight excluding hydrogens is 254 g/mol. The van der Waals surface area contributed by atoms with Crippen LogP contribution in [0.4, 0.5) is 0 Å². The Morgan fingerprint density at radius 2 is 2.00 bits per heavy atom. The number of nitrogens with zero attached hydrogens (tertiary/aromatic N) is 1. The quantitative estimate of drug-likeness (QED) is 0.646. The third-order valence-corrected chi connectivity index (χ3v) is 2.58. The summed E-state index contributed by atoms with van der Waals surface area (Å²) in [6, 6.07) is 12.5. The predicted molar refractivity (Wildman–Crippen MR) is 76.6 cm³/mol. The molecule has 0 saturated heterocycles. The maximum absolute atomic E-state index is 11.8. The summed E-state index contributed by atoms with van der Waals surface area (Å²) in [4.78, 5) is 15.8. The average molecular weight is 269 g/mol. The minimum atomic E-state index is -0.133. The highest BCUT2D eigenvalue weighted by Gasteiger charge is 2.01. The lowest BCUT2D eigenvalue weighted by Gasteiger charge is -2.03. The second-order valence-corrected chi connectivity index (χ2v) is 4.05. The van der Waals surface area contributed by atoms with Crippen molar-refractivity contribution in [3.63, 3.8) is 0 Å². The fourth-order valence-electron chi connectivity index (χ4n) is 1.60. The number of allylic oxidation sites excluding steroid dienone is 1. The fourth-order valence-corrected chi connectivity index (χ4v) is 1.60. The van der Waals surface area contributed by atoms with Crippen molar-refractivity contribution in [3.8, 4) is 5.75 Å². The first-order chi connectivity index (χ1) is 9.79. The molecule has 0 aliphatic rings. The fraction of sp³-hybridized carbons (Fsp3) is 0.125. The monoisotopic (exact) mass is 269 g/mol. The molecule has 0 aliphatic heterocycles. The highest BCUT2D eigenvalue weighted by atomic mass is 16.5. The normalized spacial score (nSPS) is 10.7. The first-order valence-corrected chi connectivity index (χ1v) is 6.27. The number of carbonyl (C=O) groups is 1. The molecule has 0 aliphatic carbocycles. The molecule has 0 fully saturated rings. The van der Waals surface area contributed by atoms with E-state index in [2.05, 4.69) is 4.98 Å². The molecule has 0 unspecified atom stereocenters. The van der Waals surface area contributed by atoms with E-state index in [1.807, 2.05) is 12.1 Å². The number of ketones is 1. The molecule has 0 amide bonds. The molecule has 1 N–H and O–H groups in total. The molecule has 4 nitrogen and oxygen atoms in total. The second-order valence-electron chi connectivity index (χ2n) is 4.05. The van der Waals surface area contributed by atoms with Crippen molar-refractivity contribution in [1.82, 2.24) is 4.98 Å². The van der Waals surface area contributed by atoms with Crippen LogP contribution in [0.2, 0.25) is 0 Å². The summed E-state index contributed by atoms with van der Waals surface area (Å²) in [5.41, 5.74) is 1.32. The average Bonchev–Trinajstić information content (AvgIpc) is 2.52. The summed E-state index contributed by atoms with van der Waals surface area (Å²) in [5, 5.41) is 8.66. The van der Waals surface area contributed by atoms with Gasteiger partial charge in [-0.1, -0.05) is 24.3 Å². The molecule has 0 saturated carbocycles. The van der Waals surface area contributed by atoms with Crippen molar-refractivity contribution in [3.05, 3.63) is 66.0 Å². The number of aromatic nitrogens is 1. The lowest BCUT2D eigenvalue weighted by Crippen LogP contribution is -2.01. The second kappa shape index (κ2) is 7.21. The SMILES string of the molecule is O=C(C=Cc1ccc(OCCO)cc1)c1ccccn1. The molecule has 102 valence electrons. The first kappa shape index (κ1) is 14.0. The molecule has 1 heterocycles. The molecule has 1 aromatic heterocycles. The van der Waals surface area contributed by atoms with E-state index in [1.165, 1.54) is 6.08 Å². The van der Waals surface area contributed by atoms with Crippen molar-refractivity contribution in [2.24, 2.45) is 0 Å². The van der Waals surface area contributed by atoms with Gasteiger partial charge in [-0.05, 0) is 35.9 Å². The van der Waals surface area contributed by atoms with Crippen LogP contribution in [-0.4, -0.2) is 29.1 Å². The molecule has 0 radical (unpaired) electrons. The minimum absolute atomic E-state index is 0.0137. The summed E-state index contributed by atoms with van der Waals surface area (Å²) in [5.74, 6) is 0.554. The Hall–Kier alpha value is -2.46. The van der Waals surface area contributed by atoms with Gasteiger partial charge in [0.2, 0.25) is 5.78 Å². The van der Waals surface area contributed by atoms with Crippen molar-refractivity contribution < 1.29 is 14.6 Å². The van der Waals surface area contributed by atoms with Gasteiger partial charge in [0.05, 0.1) is 6.61 Å². The summed E-state index contributed by atoms with van der Waals surface area (Å²) in [6.07, 6.45) is 4.81. The largest absolute Gasteiger partial charge is 0.491 e. The van der Waals surface area contributed by atoms with Crippen LogP contribution in [-0.2, 0) is 0 Å². The Bertz CT molecular complexity index is 576. The van der Waals surface area contributed by atoms with E-state index in [1.54, 1.807) is 42.6 Å². The van der Waals surface area contributed by atoms with Gasteiger partial charge < -0.3 is 9.84 Å². The molecule has 2 rings (SSSR count). The lowest BCUT2D eigenvalue weighted by atomic mass is 10.1.